The molecule has 21 heavy (non-hydrogen) atoms. The van der Waals surface area contributed by atoms with Crippen LogP contribution in [0.1, 0.15) is 28.8 Å². The minimum atomic E-state index is -1.12. The summed E-state index contributed by atoms with van der Waals surface area (Å²) < 4.78 is 0. The van der Waals surface area contributed by atoms with Gasteiger partial charge >= 0.3 is 5.97 Å². The highest BCUT2D eigenvalue weighted by Gasteiger charge is 2.17. The summed E-state index contributed by atoms with van der Waals surface area (Å²) in [4.78, 5) is 23.1. The molecule has 1 amide bonds. The SMILES string of the molecule is CC(C(=O)Nc1cc(C(=O)O)ccc1O)c1ccccc1. The molecule has 0 heterocycles. The van der Waals surface area contributed by atoms with Gasteiger partial charge in [-0.25, -0.2) is 4.79 Å². The highest BCUT2D eigenvalue weighted by Crippen LogP contribution is 2.26. The minimum absolute atomic E-state index is 0.00420. The maximum absolute atomic E-state index is 12.2. The number of carbonyl (C=O) groups is 2. The standard InChI is InChI=1S/C16H15NO4/c1-10(11-5-3-2-4-6-11)15(19)17-13-9-12(16(20)21)7-8-14(13)18/h2-10,18H,1H3,(H,17,19)(H,20,21). The molecule has 0 radical (unpaired) electrons. The van der Waals surface area contributed by atoms with E-state index in [4.69, 9.17) is 5.11 Å². The molecule has 0 aromatic heterocycles. The molecule has 0 aliphatic heterocycles. The van der Waals surface area contributed by atoms with Crippen LogP contribution in [0.15, 0.2) is 48.5 Å². The molecule has 5 nitrogen and oxygen atoms in total. The van der Waals surface area contributed by atoms with Gasteiger partial charge in [-0.1, -0.05) is 30.3 Å². The fourth-order valence-corrected chi connectivity index (χ4v) is 1.90. The van der Waals surface area contributed by atoms with E-state index in [0.29, 0.717) is 0 Å². The Labute approximate surface area is 121 Å². The maximum atomic E-state index is 12.2. The summed E-state index contributed by atoms with van der Waals surface area (Å²) in [6.07, 6.45) is 0. The molecule has 1 atom stereocenters. The molecule has 3 N–H and O–H groups in total. The summed E-state index contributed by atoms with van der Waals surface area (Å²) in [6.45, 7) is 1.74. The Morgan fingerprint density at radius 2 is 1.76 bits per heavy atom. The molecule has 2 rings (SSSR count). The van der Waals surface area contributed by atoms with Gasteiger partial charge in [0.25, 0.3) is 0 Å². The number of aromatic hydroxyl groups is 1. The lowest BCUT2D eigenvalue weighted by molar-refractivity contribution is -0.117. The van der Waals surface area contributed by atoms with Crippen LogP contribution in [0.2, 0.25) is 0 Å². The lowest BCUT2D eigenvalue weighted by atomic mass is 10.0. The quantitative estimate of drug-likeness (QED) is 0.754. The lowest BCUT2D eigenvalue weighted by Crippen LogP contribution is -2.19. The molecule has 0 aliphatic rings. The topological polar surface area (TPSA) is 86.6 Å². The van der Waals surface area contributed by atoms with Gasteiger partial charge in [-0.15, -0.1) is 0 Å². The number of nitrogens with one attached hydrogen (secondary N) is 1. The molecule has 2 aromatic rings. The van der Waals surface area contributed by atoms with Crippen molar-refractivity contribution in [3.8, 4) is 5.75 Å². The van der Waals surface area contributed by atoms with E-state index in [1.807, 2.05) is 30.3 Å². The highest BCUT2D eigenvalue weighted by atomic mass is 16.4. The smallest absolute Gasteiger partial charge is 0.335 e. The Hall–Kier alpha value is -2.82. The van der Waals surface area contributed by atoms with Gasteiger partial charge in [-0.2, -0.15) is 0 Å². The second-order valence-electron chi connectivity index (χ2n) is 4.66. The first-order valence-corrected chi connectivity index (χ1v) is 6.41. The van der Waals surface area contributed by atoms with E-state index in [1.165, 1.54) is 18.2 Å². The number of aromatic carboxylic acids is 1. The number of phenols is 1. The average molecular weight is 285 g/mol. The largest absolute Gasteiger partial charge is 0.506 e. The van der Waals surface area contributed by atoms with E-state index < -0.39 is 11.9 Å². The second kappa shape index (κ2) is 6.09. The number of carbonyl (C=O) groups excluding carboxylic acids is 1. The molecule has 0 saturated carbocycles. The Kier molecular flexibility index (Phi) is 4.23. The summed E-state index contributed by atoms with van der Waals surface area (Å²) in [5.41, 5.74) is 0.919. The van der Waals surface area contributed by atoms with Gasteiger partial charge in [0, 0.05) is 0 Å². The van der Waals surface area contributed by atoms with E-state index in [0.717, 1.165) is 5.56 Å². The van der Waals surface area contributed by atoms with Crippen molar-refractivity contribution in [2.24, 2.45) is 0 Å². The summed E-state index contributed by atoms with van der Waals surface area (Å²) in [5, 5.41) is 21.2. The van der Waals surface area contributed by atoms with Gasteiger partial charge in [0.15, 0.2) is 0 Å². The Morgan fingerprint density at radius 1 is 1.10 bits per heavy atom. The molecule has 5 heteroatoms. The van der Waals surface area contributed by atoms with Crippen molar-refractivity contribution in [2.45, 2.75) is 12.8 Å². The third kappa shape index (κ3) is 3.39. The number of carboxylic acids is 1. The van der Waals surface area contributed by atoms with E-state index in [9.17, 15) is 14.7 Å². The van der Waals surface area contributed by atoms with E-state index in [-0.39, 0.29) is 22.9 Å². The van der Waals surface area contributed by atoms with E-state index in [2.05, 4.69) is 5.32 Å². The second-order valence-corrected chi connectivity index (χ2v) is 4.66. The first-order valence-electron chi connectivity index (χ1n) is 6.41. The van der Waals surface area contributed by atoms with Gasteiger partial charge in [-0.05, 0) is 30.7 Å². The van der Waals surface area contributed by atoms with Crippen LogP contribution in [0.25, 0.3) is 0 Å². The monoisotopic (exact) mass is 285 g/mol. The molecule has 2 aromatic carbocycles. The highest BCUT2D eigenvalue weighted by molar-refractivity contribution is 5.98. The molecule has 0 bridgehead atoms. The number of benzene rings is 2. The number of phenolic OH excluding ortho intramolecular Hbond substituents is 1. The molecule has 1 unspecified atom stereocenters. The molecular weight excluding hydrogens is 270 g/mol. The molecule has 0 aliphatic carbocycles. The van der Waals surface area contributed by atoms with Gasteiger partial charge in [0.05, 0.1) is 17.2 Å². The lowest BCUT2D eigenvalue weighted by Gasteiger charge is -2.13. The maximum Gasteiger partial charge on any atom is 0.335 e. The van der Waals surface area contributed by atoms with Crippen LogP contribution in [-0.4, -0.2) is 22.1 Å². The molecule has 0 spiro atoms. The Bertz CT molecular complexity index is 667. The normalized spacial score (nSPS) is 11.7. The number of hydrogen-bond acceptors (Lipinski definition) is 3. The van der Waals surface area contributed by atoms with Crippen LogP contribution in [0.4, 0.5) is 5.69 Å². The van der Waals surface area contributed by atoms with Crippen LogP contribution >= 0.6 is 0 Å². The van der Waals surface area contributed by atoms with Crippen molar-refractivity contribution in [1.82, 2.24) is 0 Å². The molecule has 0 fully saturated rings. The minimum Gasteiger partial charge on any atom is -0.506 e. The number of hydrogen-bond donors (Lipinski definition) is 3. The number of rotatable bonds is 4. The van der Waals surface area contributed by atoms with Crippen molar-refractivity contribution < 1.29 is 19.8 Å². The fourth-order valence-electron chi connectivity index (χ4n) is 1.90. The molecule has 108 valence electrons. The molecular formula is C16H15NO4. The zero-order valence-corrected chi connectivity index (χ0v) is 11.4. The van der Waals surface area contributed by atoms with Gasteiger partial charge in [0.1, 0.15) is 5.75 Å². The summed E-state index contributed by atoms with van der Waals surface area (Å²) >= 11 is 0. The number of carboxylic acid groups (broad SMARTS) is 1. The average Bonchev–Trinajstić information content (AvgIpc) is 2.49. The van der Waals surface area contributed by atoms with E-state index in [1.54, 1.807) is 6.92 Å². The number of anilines is 1. The first-order chi connectivity index (χ1) is 9.99. The van der Waals surface area contributed by atoms with Crippen LogP contribution in [0.5, 0.6) is 5.75 Å². The van der Waals surface area contributed by atoms with Crippen LogP contribution in [0.3, 0.4) is 0 Å². The van der Waals surface area contributed by atoms with Gasteiger partial charge < -0.3 is 15.5 Å². The van der Waals surface area contributed by atoms with Gasteiger partial charge in [0.2, 0.25) is 5.91 Å². The Morgan fingerprint density at radius 3 is 2.38 bits per heavy atom. The van der Waals surface area contributed by atoms with Crippen molar-refractivity contribution in [3.63, 3.8) is 0 Å². The predicted octanol–water partition coefficient (Wildman–Crippen LogP) is 2.83. The summed E-state index contributed by atoms with van der Waals surface area (Å²) in [7, 11) is 0. The number of amides is 1. The zero-order valence-electron chi connectivity index (χ0n) is 11.4. The Balaban J connectivity index is 2.20. The summed E-state index contributed by atoms with van der Waals surface area (Å²) in [5.74, 6) is -2.03. The van der Waals surface area contributed by atoms with Crippen LogP contribution < -0.4 is 5.32 Å². The predicted molar refractivity (Wildman–Crippen MR) is 78.6 cm³/mol. The van der Waals surface area contributed by atoms with Crippen LogP contribution in [-0.2, 0) is 4.79 Å². The zero-order chi connectivity index (χ0) is 15.4. The summed E-state index contributed by atoms with van der Waals surface area (Å²) in [6, 6.07) is 12.9. The van der Waals surface area contributed by atoms with E-state index >= 15 is 0 Å². The molecule has 0 saturated heterocycles. The fraction of sp³-hybridized carbons (Fsp3) is 0.125. The van der Waals surface area contributed by atoms with Gasteiger partial charge in [-0.3, -0.25) is 4.79 Å². The third-order valence-corrected chi connectivity index (χ3v) is 3.19. The van der Waals surface area contributed by atoms with Crippen molar-refractivity contribution in [1.29, 1.82) is 0 Å². The van der Waals surface area contributed by atoms with Crippen LogP contribution in [0, 0.1) is 0 Å². The van der Waals surface area contributed by atoms with Crippen molar-refractivity contribution in [3.05, 3.63) is 59.7 Å². The van der Waals surface area contributed by atoms with Crippen molar-refractivity contribution in [2.75, 3.05) is 5.32 Å². The first kappa shape index (κ1) is 14.6. The third-order valence-electron chi connectivity index (χ3n) is 3.19. The van der Waals surface area contributed by atoms with Crippen molar-refractivity contribution >= 4 is 17.6 Å².